The van der Waals surface area contributed by atoms with Crippen LogP contribution in [0.25, 0.3) is 22.8 Å². The standard InChI is InChI=1S/C19H17FN6OS/c1-3-26-17(12-5-4-8-21-10-12)23-24-18(26)15(28)16-22-19(27-25-16)13-9-11(2)6-7-14(13)20/h4-10,15,28H,3H2,1-2H3. The molecular weight excluding hydrogens is 379 g/mol. The Balaban J connectivity index is 1.69. The third-order valence-electron chi connectivity index (χ3n) is 4.30. The lowest BCUT2D eigenvalue weighted by molar-refractivity contribution is 0.420. The van der Waals surface area contributed by atoms with Crippen LogP contribution in [0.1, 0.15) is 29.4 Å². The molecule has 1 atom stereocenters. The topological polar surface area (TPSA) is 82.5 Å². The number of aryl methyl sites for hydroxylation is 1. The summed E-state index contributed by atoms with van der Waals surface area (Å²) in [7, 11) is 0. The lowest BCUT2D eigenvalue weighted by Crippen LogP contribution is -2.08. The molecule has 0 aliphatic carbocycles. The summed E-state index contributed by atoms with van der Waals surface area (Å²) >= 11 is 4.61. The highest BCUT2D eigenvalue weighted by Gasteiger charge is 2.25. The molecule has 0 aliphatic heterocycles. The molecule has 0 saturated carbocycles. The van der Waals surface area contributed by atoms with Gasteiger partial charge in [0.15, 0.2) is 17.5 Å². The number of rotatable bonds is 5. The van der Waals surface area contributed by atoms with Gasteiger partial charge in [0.25, 0.3) is 5.89 Å². The molecule has 28 heavy (non-hydrogen) atoms. The SMILES string of the molecule is CCn1c(-c2cccnc2)nnc1C(S)c1noc(-c2cc(C)ccc2F)n1. The predicted octanol–water partition coefficient (Wildman–Crippen LogP) is 3.88. The Morgan fingerprint density at radius 1 is 1.25 bits per heavy atom. The molecule has 0 amide bonds. The van der Waals surface area contributed by atoms with Crippen LogP contribution in [-0.4, -0.2) is 29.9 Å². The van der Waals surface area contributed by atoms with Gasteiger partial charge in [-0.05, 0) is 38.1 Å². The number of thiol groups is 1. The first-order chi connectivity index (χ1) is 13.6. The fraction of sp³-hybridized carbons (Fsp3) is 0.211. The van der Waals surface area contributed by atoms with Gasteiger partial charge in [0.2, 0.25) is 0 Å². The molecule has 9 heteroatoms. The summed E-state index contributed by atoms with van der Waals surface area (Å²) in [5.41, 5.74) is 2.00. The van der Waals surface area contributed by atoms with E-state index in [-0.39, 0.29) is 11.5 Å². The smallest absolute Gasteiger partial charge is 0.260 e. The maximum absolute atomic E-state index is 14.1. The first-order valence-electron chi connectivity index (χ1n) is 8.70. The van der Waals surface area contributed by atoms with Gasteiger partial charge in [-0.1, -0.05) is 16.8 Å². The lowest BCUT2D eigenvalue weighted by Gasteiger charge is -2.10. The van der Waals surface area contributed by atoms with Crippen molar-refractivity contribution in [3.8, 4) is 22.8 Å². The monoisotopic (exact) mass is 396 g/mol. The quantitative estimate of drug-likeness (QED) is 0.516. The Kier molecular flexibility index (Phi) is 4.91. The van der Waals surface area contributed by atoms with Crippen molar-refractivity contribution in [1.82, 2.24) is 29.9 Å². The van der Waals surface area contributed by atoms with E-state index in [1.54, 1.807) is 24.5 Å². The van der Waals surface area contributed by atoms with Crippen molar-refractivity contribution in [2.75, 3.05) is 0 Å². The summed E-state index contributed by atoms with van der Waals surface area (Å²) in [5, 5.41) is 11.9. The van der Waals surface area contributed by atoms with Crippen molar-refractivity contribution >= 4 is 12.6 Å². The van der Waals surface area contributed by atoms with Gasteiger partial charge in [-0.15, -0.1) is 10.2 Å². The number of aromatic nitrogens is 6. The maximum Gasteiger partial charge on any atom is 0.260 e. The number of benzene rings is 1. The van der Waals surface area contributed by atoms with Gasteiger partial charge in [-0.25, -0.2) is 4.39 Å². The molecule has 0 saturated heterocycles. The van der Waals surface area contributed by atoms with E-state index in [4.69, 9.17) is 4.52 Å². The number of hydrogen-bond donors (Lipinski definition) is 1. The highest BCUT2D eigenvalue weighted by Crippen LogP contribution is 2.30. The number of nitrogens with zero attached hydrogens (tertiary/aromatic N) is 6. The van der Waals surface area contributed by atoms with Crippen LogP contribution in [0.4, 0.5) is 4.39 Å². The van der Waals surface area contributed by atoms with Gasteiger partial charge >= 0.3 is 0 Å². The van der Waals surface area contributed by atoms with Crippen molar-refractivity contribution in [2.24, 2.45) is 0 Å². The lowest BCUT2D eigenvalue weighted by atomic mass is 10.1. The molecule has 7 nitrogen and oxygen atoms in total. The molecule has 3 heterocycles. The third-order valence-corrected chi connectivity index (χ3v) is 4.76. The van der Waals surface area contributed by atoms with E-state index in [2.05, 4.69) is 38.0 Å². The zero-order chi connectivity index (χ0) is 19.7. The van der Waals surface area contributed by atoms with E-state index >= 15 is 0 Å². The van der Waals surface area contributed by atoms with Crippen molar-refractivity contribution in [3.05, 3.63) is 65.8 Å². The van der Waals surface area contributed by atoms with Crippen LogP contribution in [-0.2, 0) is 6.54 Å². The van der Waals surface area contributed by atoms with E-state index in [0.29, 0.717) is 24.0 Å². The second kappa shape index (κ2) is 7.51. The molecule has 0 spiro atoms. The van der Waals surface area contributed by atoms with Crippen molar-refractivity contribution in [2.45, 2.75) is 25.6 Å². The molecule has 0 fully saturated rings. The molecule has 0 N–H and O–H groups in total. The molecule has 142 valence electrons. The summed E-state index contributed by atoms with van der Waals surface area (Å²) in [5.74, 6) is 1.22. The normalized spacial score (nSPS) is 12.3. The van der Waals surface area contributed by atoms with Gasteiger partial charge in [-0.2, -0.15) is 17.6 Å². The Bertz CT molecular complexity index is 1110. The van der Waals surface area contributed by atoms with E-state index < -0.39 is 11.1 Å². The summed E-state index contributed by atoms with van der Waals surface area (Å²) in [6, 6.07) is 8.47. The number of halogens is 1. The van der Waals surface area contributed by atoms with Crippen LogP contribution in [0.2, 0.25) is 0 Å². The zero-order valence-corrected chi connectivity index (χ0v) is 16.1. The van der Waals surface area contributed by atoms with Gasteiger partial charge in [-0.3, -0.25) is 4.98 Å². The van der Waals surface area contributed by atoms with Crippen LogP contribution in [0, 0.1) is 12.7 Å². The second-order valence-electron chi connectivity index (χ2n) is 6.21. The van der Waals surface area contributed by atoms with Gasteiger partial charge in [0.1, 0.15) is 11.1 Å². The molecule has 1 aromatic carbocycles. The van der Waals surface area contributed by atoms with Gasteiger partial charge in [0.05, 0.1) is 5.56 Å². The number of hydrogen-bond acceptors (Lipinski definition) is 7. The van der Waals surface area contributed by atoms with Crippen LogP contribution >= 0.6 is 12.6 Å². The molecule has 4 rings (SSSR count). The zero-order valence-electron chi connectivity index (χ0n) is 15.2. The van der Waals surface area contributed by atoms with Crippen molar-refractivity contribution in [3.63, 3.8) is 0 Å². The van der Waals surface area contributed by atoms with E-state index in [1.165, 1.54) is 6.07 Å². The third kappa shape index (κ3) is 3.29. The molecular formula is C19H17FN6OS. The Hall–Kier alpha value is -3.07. The molecule has 1 unspecified atom stereocenters. The average Bonchev–Trinajstić information content (AvgIpc) is 3.37. The Morgan fingerprint density at radius 3 is 2.86 bits per heavy atom. The average molecular weight is 396 g/mol. The summed E-state index contributed by atoms with van der Waals surface area (Å²) in [4.78, 5) is 8.45. The fourth-order valence-corrected chi connectivity index (χ4v) is 3.21. The van der Waals surface area contributed by atoms with E-state index in [0.717, 1.165) is 11.1 Å². The van der Waals surface area contributed by atoms with E-state index in [1.807, 2.05) is 30.5 Å². The van der Waals surface area contributed by atoms with E-state index in [9.17, 15) is 4.39 Å². The minimum atomic E-state index is -0.580. The first kappa shape index (κ1) is 18.3. The van der Waals surface area contributed by atoms with Gasteiger partial charge in [0, 0.05) is 24.5 Å². The second-order valence-corrected chi connectivity index (χ2v) is 6.73. The van der Waals surface area contributed by atoms with Crippen molar-refractivity contribution in [1.29, 1.82) is 0 Å². The largest absolute Gasteiger partial charge is 0.334 e. The summed E-state index contributed by atoms with van der Waals surface area (Å²) < 4.78 is 21.3. The maximum atomic E-state index is 14.1. The Labute approximate surface area is 166 Å². The predicted molar refractivity (Wildman–Crippen MR) is 104 cm³/mol. The van der Waals surface area contributed by atoms with Crippen LogP contribution in [0.5, 0.6) is 0 Å². The van der Waals surface area contributed by atoms with Gasteiger partial charge < -0.3 is 9.09 Å². The Morgan fingerprint density at radius 2 is 2.11 bits per heavy atom. The van der Waals surface area contributed by atoms with Crippen LogP contribution in [0.3, 0.4) is 0 Å². The fourth-order valence-electron chi connectivity index (χ4n) is 2.91. The van der Waals surface area contributed by atoms with Crippen molar-refractivity contribution < 1.29 is 8.91 Å². The molecule has 4 aromatic rings. The van der Waals surface area contributed by atoms with Crippen LogP contribution in [0.15, 0.2) is 47.2 Å². The minimum Gasteiger partial charge on any atom is -0.334 e. The number of pyridine rings is 1. The molecule has 0 bridgehead atoms. The molecule has 0 aliphatic rings. The van der Waals surface area contributed by atoms with Crippen LogP contribution < -0.4 is 0 Å². The molecule has 0 radical (unpaired) electrons. The highest BCUT2D eigenvalue weighted by atomic mass is 32.1. The highest BCUT2D eigenvalue weighted by molar-refractivity contribution is 7.80. The molecule has 3 aromatic heterocycles. The summed E-state index contributed by atoms with van der Waals surface area (Å²) in [6.45, 7) is 4.48. The first-order valence-corrected chi connectivity index (χ1v) is 9.21. The minimum absolute atomic E-state index is 0.102. The summed E-state index contributed by atoms with van der Waals surface area (Å²) in [6.07, 6.45) is 3.42.